The smallest absolute Gasteiger partial charge is 0.269 e. The number of carbonyl (C=O) groups is 1. The van der Waals surface area contributed by atoms with Gasteiger partial charge in [-0.2, -0.15) is 0 Å². The van der Waals surface area contributed by atoms with Crippen LogP contribution in [0.1, 0.15) is 5.56 Å². The second-order valence-corrected chi connectivity index (χ2v) is 7.45. The number of amides is 1. The van der Waals surface area contributed by atoms with E-state index in [0.29, 0.717) is 36.9 Å². The van der Waals surface area contributed by atoms with Gasteiger partial charge in [0.1, 0.15) is 4.32 Å². The lowest BCUT2D eigenvalue weighted by Gasteiger charge is -2.42. The number of hydrogen-bond donors (Lipinski definition) is 1. The molecule has 2 rings (SSSR count). The molecule has 0 spiro atoms. The van der Waals surface area contributed by atoms with Crippen LogP contribution in [0.3, 0.4) is 0 Å². The monoisotopic (exact) mass is 382 g/mol. The minimum Gasteiger partial charge on any atom is -0.351 e. The number of likely N-dealkylation sites (N-methyl/N-ethyl adjacent to an activating group) is 1. The van der Waals surface area contributed by atoms with Crippen molar-refractivity contribution in [2.24, 2.45) is 0 Å². The van der Waals surface area contributed by atoms with Crippen LogP contribution in [0, 0.1) is 10.1 Å². The molecule has 1 aromatic carbocycles. The molecular weight excluding hydrogens is 360 g/mol. The molecule has 1 heterocycles. The molecule has 1 amide bonds. The van der Waals surface area contributed by atoms with Crippen molar-refractivity contribution in [3.05, 3.63) is 39.9 Å². The first kappa shape index (κ1) is 19.6. The fraction of sp³-hybridized carbons (Fsp3) is 0.500. The van der Waals surface area contributed by atoms with Gasteiger partial charge in [0, 0.05) is 31.8 Å². The maximum atomic E-state index is 12.3. The largest absolute Gasteiger partial charge is 0.351 e. The third kappa shape index (κ3) is 5.38. The quantitative estimate of drug-likeness (QED) is 0.360. The van der Waals surface area contributed by atoms with E-state index in [0.717, 1.165) is 5.56 Å². The lowest BCUT2D eigenvalue weighted by molar-refractivity contribution is -0.384. The summed E-state index contributed by atoms with van der Waals surface area (Å²) in [7, 11) is 3.73. The average molecular weight is 383 g/mol. The summed E-state index contributed by atoms with van der Waals surface area (Å²) in [6.45, 7) is 2.18. The van der Waals surface area contributed by atoms with Crippen LogP contribution in [0.4, 0.5) is 5.69 Å². The van der Waals surface area contributed by atoms with Crippen molar-refractivity contribution in [3.8, 4) is 0 Å². The minimum absolute atomic E-state index is 0.00585. The van der Waals surface area contributed by atoms with Crippen molar-refractivity contribution < 1.29 is 9.72 Å². The number of piperazine rings is 1. The van der Waals surface area contributed by atoms with Crippen molar-refractivity contribution in [2.75, 3.05) is 40.3 Å². The minimum atomic E-state index is -0.415. The van der Waals surface area contributed by atoms with Gasteiger partial charge in [-0.25, -0.2) is 0 Å². The summed E-state index contributed by atoms with van der Waals surface area (Å²) in [6.07, 6.45) is 0.643. The van der Waals surface area contributed by atoms with Crippen LogP contribution in [0.15, 0.2) is 24.3 Å². The molecule has 1 saturated heterocycles. The maximum absolute atomic E-state index is 12.3. The van der Waals surface area contributed by atoms with Crippen molar-refractivity contribution in [1.29, 1.82) is 0 Å². The van der Waals surface area contributed by atoms with Crippen LogP contribution in [-0.2, 0) is 11.2 Å². The molecule has 0 bridgehead atoms. The highest BCUT2D eigenvalue weighted by Crippen LogP contribution is 2.19. The number of thiol groups is 1. The molecule has 0 N–H and O–H groups in total. The molecule has 1 atom stereocenters. The summed E-state index contributed by atoms with van der Waals surface area (Å²) in [5.74, 6) is 0.0865. The Kier molecular flexibility index (Phi) is 6.74. The van der Waals surface area contributed by atoms with Gasteiger partial charge in [0.2, 0.25) is 5.91 Å². The van der Waals surface area contributed by atoms with E-state index in [-0.39, 0.29) is 17.6 Å². The highest BCUT2D eigenvalue weighted by Gasteiger charge is 2.30. The number of hydrogen-bond acceptors (Lipinski definition) is 5. The predicted molar refractivity (Wildman–Crippen MR) is 104 cm³/mol. The summed E-state index contributed by atoms with van der Waals surface area (Å²) in [6, 6.07) is 6.50. The highest BCUT2D eigenvalue weighted by atomic mass is 32.1. The van der Waals surface area contributed by atoms with Gasteiger partial charge in [-0.1, -0.05) is 24.4 Å². The number of benzene rings is 1. The summed E-state index contributed by atoms with van der Waals surface area (Å²) in [5.41, 5.74) is 1.03. The Balaban J connectivity index is 2.10. The van der Waals surface area contributed by atoms with E-state index >= 15 is 0 Å². The second-order valence-electron chi connectivity index (χ2n) is 6.34. The van der Waals surface area contributed by atoms with E-state index in [9.17, 15) is 14.9 Å². The predicted octanol–water partition coefficient (Wildman–Crippen LogP) is 1.43. The van der Waals surface area contributed by atoms with Crippen LogP contribution in [-0.4, -0.2) is 76.2 Å². The summed E-state index contributed by atoms with van der Waals surface area (Å²) < 4.78 is 0.506. The molecule has 0 aromatic heterocycles. The van der Waals surface area contributed by atoms with E-state index < -0.39 is 4.92 Å². The summed E-state index contributed by atoms with van der Waals surface area (Å²) >= 11 is 9.53. The molecule has 0 saturated carbocycles. The Morgan fingerprint density at radius 1 is 1.36 bits per heavy atom. The second kappa shape index (κ2) is 8.59. The number of non-ortho nitro benzene ring substituents is 1. The van der Waals surface area contributed by atoms with E-state index in [1.54, 1.807) is 12.1 Å². The van der Waals surface area contributed by atoms with Gasteiger partial charge >= 0.3 is 0 Å². The SMILES string of the molecule is CN(C)CC(=O)N1CCN(C(=S)S)C(Cc2ccc([N+](=O)[O-])cc2)C1. The lowest BCUT2D eigenvalue weighted by atomic mass is 10.0. The molecule has 7 nitrogen and oxygen atoms in total. The number of rotatable bonds is 5. The zero-order valence-corrected chi connectivity index (χ0v) is 16.0. The zero-order chi connectivity index (χ0) is 18.6. The third-order valence-corrected chi connectivity index (χ3v) is 4.64. The van der Waals surface area contributed by atoms with Gasteiger partial charge in [-0.15, -0.1) is 12.6 Å². The molecule has 1 unspecified atom stereocenters. The van der Waals surface area contributed by atoms with Gasteiger partial charge in [0.05, 0.1) is 17.5 Å². The molecular formula is C16H22N4O3S2. The Morgan fingerprint density at radius 3 is 2.52 bits per heavy atom. The number of nitro groups is 1. The van der Waals surface area contributed by atoms with Gasteiger partial charge in [-0.3, -0.25) is 14.9 Å². The average Bonchev–Trinajstić information content (AvgIpc) is 2.54. The van der Waals surface area contributed by atoms with Gasteiger partial charge in [0.15, 0.2) is 0 Å². The first-order valence-electron chi connectivity index (χ1n) is 7.93. The van der Waals surface area contributed by atoms with E-state index in [1.807, 2.05) is 28.8 Å². The number of nitrogens with zero attached hydrogens (tertiary/aromatic N) is 4. The van der Waals surface area contributed by atoms with Crippen molar-refractivity contribution in [2.45, 2.75) is 12.5 Å². The summed E-state index contributed by atoms with van der Waals surface area (Å²) in [4.78, 5) is 28.4. The first-order chi connectivity index (χ1) is 11.8. The molecule has 1 fully saturated rings. The van der Waals surface area contributed by atoms with E-state index in [1.165, 1.54) is 12.1 Å². The van der Waals surface area contributed by atoms with Crippen molar-refractivity contribution in [1.82, 2.24) is 14.7 Å². The first-order valence-corrected chi connectivity index (χ1v) is 8.79. The highest BCUT2D eigenvalue weighted by molar-refractivity contribution is 8.10. The van der Waals surface area contributed by atoms with Gasteiger partial charge in [0.25, 0.3) is 5.69 Å². The molecule has 25 heavy (non-hydrogen) atoms. The van der Waals surface area contributed by atoms with E-state index in [2.05, 4.69) is 12.6 Å². The Labute approximate surface area is 158 Å². The van der Waals surface area contributed by atoms with Crippen molar-refractivity contribution in [3.63, 3.8) is 0 Å². The molecule has 9 heteroatoms. The Morgan fingerprint density at radius 2 is 2.00 bits per heavy atom. The number of nitro benzene ring substituents is 1. The van der Waals surface area contributed by atoms with Crippen LogP contribution >= 0.6 is 24.8 Å². The lowest BCUT2D eigenvalue weighted by Crippen LogP contribution is -2.57. The van der Waals surface area contributed by atoms with Gasteiger partial charge < -0.3 is 14.7 Å². The van der Waals surface area contributed by atoms with E-state index in [4.69, 9.17) is 12.2 Å². The standard InChI is InChI=1S/C16H22N4O3S2/c1-17(2)11-15(21)18-7-8-19(16(24)25)14(10-18)9-12-3-5-13(6-4-12)20(22)23/h3-6,14H,7-11H2,1-2H3,(H,24,25). The molecule has 0 radical (unpaired) electrons. The Hall–Kier alpha value is -1.71. The molecule has 1 aliphatic rings. The molecule has 0 aliphatic carbocycles. The van der Waals surface area contributed by atoms with Crippen LogP contribution < -0.4 is 0 Å². The topological polar surface area (TPSA) is 69.9 Å². The number of carbonyl (C=O) groups excluding carboxylic acids is 1. The zero-order valence-electron chi connectivity index (χ0n) is 14.3. The summed E-state index contributed by atoms with van der Waals surface area (Å²) in [5, 5.41) is 10.8. The maximum Gasteiger partial charge on any atom is 0.269 e. The molecule has 136 valence electrons. The van der Waals surface area contributed by atoms with Crippen LogP contribution in [0.5, 0.6) is 0 Å². The third-order valence-electron chi connectivity index (χ3n) is 4.15. The Bertz CT molecular complexity index is 651. The fourth-order valence-electron chi connectivity index (χ4n) is 2.90. The normalized spacial score (nSPS) is 17.7. The molecule has 1 aliphatic heterocycles. The van der Waals surface area contributed by atoms with Gasteiger partial charge in [-0.05, 0) is 26.1 Å². The van der Waals surface area contributed by atoms with Crippen LogP contribution in [0.2, 0.25) is 0 Å². The fourth-order valence-corrected chi connectivity index (χ4v) is 3.41. The number of thiocarbonyl (C=S) groups is 1. The van der Waals surface area contributed by atoms with Crippen molar-refractivity contribution >= 4 is 40.8 Å². The molecule has 1 aromatic rings. The van der Waals surface area contributed by atoms with Crippen LogP contribution in [0.25, 0.3) is 0 Å².